The van der Waals surface area contributed by atoms with Gasteiger partial charge in [-0.05, 0) is 12.0 Å². The Morgan fingerprint density at radius 3 is 2.67 bits per heavy atom. The van der Waals surface area contributed by atoms with Crippen LogP contribution in [0.4, 0.5) is 5.69 Å². The van der Waals surface area contributed by atoms with Crippen molar-refractivity contribution < 1.29 is 14.3 Å². The van der Waals surface area contributed by atoms with Gasteiger partial charge < -0.3 is 20.5 Å². The van der Waals surface area contributed by atoms with Crippen molar-refractivity contribution in [3.63, 3.8) is 0 Å². The number of carbonyl (C=O) groups excluding carboxylic acids is 1. The minimum absolute atomic E-state index is 0.213. The van der Waals surface area contributed by atoms with Crippen LogP contribution in [0.3, 0.4) is 0 Å². The number of amides is 1. The highest BCUT2D eigenvalue weighted by Crippen LogP contribution is 2.36. The lowest BCUT2D eigenvalue weighted by atomic mass is 9.99. The molecule has 0 aliphatic heterocycles. The highest BCUT2D eigenvalue weighted by Gasteiger charge is 2.18. The van der Waals surface area contributed by atoms with Crippen molar-refractivity contribution in [3.05, 3.63) is 36.2 Å². The number of carbonyl (C=O) groups is 1. The Hall–Kier alpha value is -3.42. The Balaban J connectivity index is 2.17. The van der Waals surface area contributed by atoms with E-state index in [1.54, 1.807) is 12.3 Å². The maximum atomic E-state index is 12.3. The number of nitrogens with one attached hydrogen (secondary N) is 1. The molecule has 2 heterocycles. The van der Waals surface area contributed by atoms with E-state index in [1.807, 2.05) is 25.1 Å². The van der Waals surface area contributed by atoms with Gasteiger partial charge in [-0.25, -0.2) is 4.98 Å². The quantitative estimate of drug-likeness (QED) is 0.688. The molecule has 0 aliphatic rings. The fourth-order valence-corrected chi connectivity index (χ4v) is 2.81. The number of ether oxygens (including phenoxy) is 2. The summed E-state index contributed by atoms with van der Waals surface area (Å²) in [6.45, 7) is 2.55. The molecule has 3 N–H and O–H groups in total. The number of hydrogen-bond donors (Lipinski definition) is 2. The Morgan fingerprint density at radius 1 is 1.15 bits per heavy atom. The Labute approximate surface area is 156 Å². The number of anilines is 1. The van der Waals surface area contributed by atoms with E-state index >= 15 is 0 Å². The van der Waals surface area contributed by atoms with Gasteiger partial charge in [0, 0.05) is 29.6 Å². The van der Waals surface area contributed by atoms with E-state index in [0.29, 0.717) is 29.6 Å². The molecule has 2 aromatic heterocycles. The van der Waals surface area contributed by atoms with Crippen LogP contribution in [0.25, 0.3) is 21.9 Å². The van der Waals surface area contributed by atoms with Gasteiger partial charge >= 0.3 is 0 Å². The molecule has 0 atom stereocenters. The molecule has 8 heteroatoms. The Bertz CT molecular complexity index is 990. The van der Waals surface area contributed by atoms with Gasteiger partial charge in [0.2, 0.25) is 11.8 Å². The second-order valence-corrected chi connectivity index (χ2v) is 5.85. The van der Waals surface area contributed by atoms with E-state index in [2.05, 4.69) is 20.5 Å². The van der Waals surface area contributed by atoms with Crippen molar-refractivity contribution in [2.24, 2.45) is 0 Å². The number of nitrogen functional groups attached to an aromatic ring is 1. The van der Waals surface area contributed by atoms with E-state index < -0.39 is 0 Å². The molecule has 0 saturated carbocycles. The van der Waals surface area contributed by atoms with Crippen LogP contribution >= 0.6 is 0 Å². The molecule has 8 nitrogen and oxygen atoms in total. The lowest BCUT2D eigenvalue weighted by Gasteiger charge is -2.13. The third-order valence-corrected chi connectivity index (χ3v) is 4.16. The molecule has 0 unspecified atom stereocenters. The van der Waals surface area contributed by atoms with Crippen LogP contribution in [0.5, 0.6) is 11.8 Å². The zero-order valence-corrected chi connectivity index (χ0v) is 15.4. The lowest BCUT2D eigenvalue weighted by Crippen LogP contribution is -2.26. The number of fused-ring (bicyclic) bond motifs is 1. The summed E-state index contributed by atoms with van der Waals surface area (Å²) in [6.07, 6.45) is 2.47. The smallest absolute Gasteiger partial charge is 0.272 e. The highest BCUT2D eigenvalue weighted by atomic mass is 16.5. The van der Waals surface area contributed by atoms with Crippen molar-refractivity contribution >= 4 is 22.4 Å². The monoisotopic (exact) mass is 367 g/mol. The summed E-state index contributed by atoms with van der Waals surface area (Å²) < 4.78 is 10.5. The molecular formula is C19H21N5O3. The standard InChI is InChI=1S/C19H21N5O3/c1-4-8-21-18(25)17-16(20)12-7-5-6-11(14(12)10-22-17)13-9-15(26-2)23-24-19(13)27-3/h5-7,9-10H,4,8,20H2,1-3H3,(H,21,25). The van der Waals surface area contributed by atoms with E-state index in [1.165, 1.54) is 14.2 Å². The zero-order valence-electron chi connectivity index (χ0n) is 15.4. The van der Waals surface area contributed by atoms with Gasteiger partial charge in [-0.1, -0.05) is 25.1 Å². The first-order valence-electron chi connectivity index (χ1n) is 8.52. The molecule has 0 bridgehead atoms. The molecule has 0 radical (unpaired) electrons. The van der Waals surface area contributed by atoms with Crippen LogP contribution in [0.15, 0.2) is 30.5 Å². The number of methoxy groups -OCH3 is 2. The fourth-order valence-electron chi connectivity index (χ4n) is 2.81. The van der Waals surface area contributed by atoms with E-state index in [9.17, 15) is 4.79 Å². The maximum absolute atomic E-state index is 12.3. The molecule has 0 fully saturated rings. The van der Waals surface area contributed by atoms with Crippen molar-refractivity contribution in [2.45, 2.75) is 13.3 Å². The van der Waals surface area contributed by atoms with Gasteiger partial charge in [0.1, 0.15) is 0 Å². The number of pyridine rings is 1. The second-order valence-electron chi connectivity index (χ2n) is 5.85. The summed E-state index contributed by atoms with van der Waals surface area (Å²) in [4.78, 5) is 16.6. The van der Waals surface area contributed by atoms with Crippen LogP contribution in [-0.2, 0) is 0 Å². The predicted molar refractivity (Wildman–Crippen MR) is 103 cm³/mol. The molecule has 3 rings (SSSR count). The molecular weight excluding hydrogens is 346 g/mol. The maximum Gasteiger partial charge on any atom is 0.272 e. The third kappa shape index (κ3) is 3.46. The predicted octanol–water partition coefficient (Wildman–Crippen LogP) is 2.43. The molecule has 0 saturated heterocycles. The Morgan fingerprint density at radius 2 is 1.96 bits per heavy atom. The van der Waals surface area contributed by atoms with Crippen LogP contribution in [0.1, 0.15) is 23.8 Å². The molecule has 0 aliphatic carbocycles. The van der Waals surface area contributed by atoms with Crippen LogP contribution in [0, 0.1) is 0 Å². The molecule has 1 aromatic carbocycles. The third-order valence-electron chi connectivity index (χ3n) is 4.16. The average Bonchev–Trinajstić information content (AvgIpc) is 2.71. The number of rotatable bonds is 6. The van der Waals surface area contributed by atoms with Crippen molar-refractivity contribution in [2.75, 3.05) is 26.5 Å². The molecule has 27 heavy (non-hydrogen) atoms. The summed E-state index contributed by atoms with van der Waals surface area (Å²) in [5.41, 5.74) is 8.30. The highest BCUT2D eigenvalue weighted by molar-refractivity contribution is 6.09. The summed E-state index contributed by atoms with van der Waals surface area (Å²) in [7, 11) is 3.04. The van der Waals surface area contributed by atoms with Gasteiger partial charge in [0.25, 0.3) is 5.91 Å². The number of aromatic nitrogens is 3. The summed E-state index contributed by atoms with van der Waals surface area (Å²) in [6, 6.07) is 7.34. The van der Waals surface area contributed by atoms with E-state index in [4.69, 9.17) is 15.2 Å². The van der Waals surface area contributed by atoms with Gasteiger partial charge in [-0.3, -0.25) is 4.79 Å². The first-order chi connectivity index (χ1) is 13.1. The molecule has 1 amide bonds. The Kier molecular flexibility index (Phi) is 5.35. The molecule has 3 aromatic rings. The largest absolute Gasteiger partial charge is 0.480 e. The first-order valence-corrected chi connectivity index (χ1v) is 8.52. The number of hydrogen-bond acceptors (Lipinski definition) is 7. The average molecular weight is 367 g/mol. The van der Waals surface area contributed by atoms with Crippen LogP contribution in [-0.4, -0.2) is 41.9 Å². The van der Waals surface area contributed by atoms with E-state index in [-0.39, 0.29) is 11.6 Å². The number of nitrogens with two attached hydrogens (primary N) is 1. The van der Waals surface area contributed by atoms with Crippen LogP contribution in [0.2, 0.25) is 0 Å². The normalized spacial score (nSPS) is 10.6. The summed E-state index contributed by atoms with van der Waals surface area (Å²) in [5, 5.41) is 12.3. The van der Waals surface area contributed by atoms with Gasteiger partial charge in [0.15, 0.2) is 5.69 Å². The van der Waals surface area contributed by atoms with Crippen molar-refractivity contribution in [1.82, 2.24) is 20.5 Å². The topological polar surface area (TPSA) is 112 Å². The number of nitrogens with zero attached hydrogens (tertiary/aromatic N) is 3. The van der Waals surface area contributed by atoms with Crippen LogP contribution < -0.4 is 20.5 Å². The zero-order chi connectivity index (χ0) is 19.4. The first kappa shape index (κ1) is 18.4. The van der Waals surface area contributed by atoms with E-state index in [0.717, 1.165) is 22.8 Å². The molecule has 0 spiro atoms. The summed E-state index contributed by atoms with van der Waals surface area (Å²) >= 11 is 0. The minimum Gasteiger partial charge on any atom is -0.480 e. The number of benzene rings is 1. The van der Waals surface area contributed by atoms with Crippen molar-refractivity contribution in [1.29, 1.82) is 0 Å². The lowest BCUT2D eigenvalue weighted by molar-refractivity contribution is 0.0950. The fraction of sp³-hybridized carbons (Fsp3) is 0.263. The van der Waals surface area contributed by atoms with Gasteiger partial charge in [-0.2, -0.15) is 0 Å². The van der Waals surface area contributed by atoms with Crippen molar-refractivity contribution in [3.8, 4) is 22.9 Å². The van der Waals surface area contributed by atoms with Gasteiger partial charge in [-0.15, -0.1) is 10.2 Å². The SMILES string of the molecule is CCCNC(=O)c1ncc2c(-c3cc(OC)nnc3OC)cccc2c1N. The second kappa shape index (κ2) is 7.86. The van der Waals surface area contributed by atoms with Gasteiger partial charge in [0.05, 0.1) is 25.5 Å². The minimum atomic E-state index is -0.286. The molecule has 140 valence electrons. The summed E-state index contributed by atoms with van der Waals surface area (Å²) in [5.74, 6) is 0.428.